The van der Waals surface area contributed by atoms with Gasteiger partial charge in [-0.15, -0.1) is 0 Å². The zero-order valence-electron chi connectivity index (χ0n) is 19.1. The van der Waals surface area contributed by atoms with Crippen molar-refractivity contribution in [3.05, 3.63) is 35.6 Å². The van der Waals surface area contributed by atoms with Crippen LogP contribution in [-0.4, -0.2) is 60.7 Å². The molecular formula is C23H26ClN7O2S. The number of fused-ring (bicyclic) bond motifs is 3. The van der Waals surface area contributed by atoms with Crippen molar-refractivity contribution in [1.82, 2.24) is 24.8 Å². The van der Waals surface area contributed by atoms with Crippen molar-refractivity contribution in [1.29, 1.82) is 0 Å². The van der Waals surface area contributed by atoms with Crippen molar-refractivity contribution >= 4 is 52.3 Å². The van der Waals surface area contributed by atoms with Gasteiger partial charge in [0, 0.05) is 35.8 Å². The predicted molar refractivity (Wildman–Crippen MR) is 132 cm³/mol. The van der Waals surface area contributed by atoms with E-state index in [1.54, 1.807) is 23.4 Å². The standard InChI is InChI=1S/C23H26ClN7O2S/c1-23(2,3)31(22(32)33)19-12-8-13(19)11-30(10-12)16-9-27-21-14(28-16)4-5-17(29-21)34-15-6-7-26-20(25)18(15)24/h4-7,9,12-13,19H,8,10-11H2,1-3H3,(H2,25,26)(H,32,33)/t12-,13+,19+. The van der Waals surface area contributed by atoms with Gasteiger partial charge in [0.2, 0.25) is 0 Å². The highest BCUT2D eigenvalue weighted by atomic mass is 35.5. The second-order valence-corrected chi connectivity index (χ2v) is 11.2. The number of pyridine rings is 2. The molecule has 3 aromatic heterocycles. The van der Waals surface area contributed by atoms with Crippen molar-refractivity contribution in [2.24, 2.45) is 11.8 Å². The van der Waals surface area contributed by atoms with Crippen LogP contribution in [0.4, 0.5) is 16.4 Å². The molecule has 1 amide bonds. The second kappa shape index (κ2) is 8.42. The van der Waals surface area contributed by atoms with Crippen LogP contribution >= 0.6 is 23.4 Å². The third-order valence-electron chi connectivity index (χ3n) is 6.49. The lowest BCUT2D eigenvalue weighted by atomic mass is 9.64. The molecule has 3 aliphatic rings. The fourth-order valence-corrected chi connectivity index (χ4v) is 6.10. The summed E-state index contributed by atoms with van der Waals surface area (Å²) in [7, 11) is 0. The number of piperidine rings is 2. The minimum absolute atomic E-state index is 0.0532. The molecule has 11 heteroatoms. The molecule has 178 valence electrons. The summed E-state index contributed by atoms with van der Waals surface area (Å²) in [6.45, 7) is 7.41. The number of carboxylic acid groups (broad SMARTS) is 1. The first kappa shape index (κ1) is 22.9. The molecule has 0 radical (unpaired) electrons. The Balaban J connectivity index is 1.33. The van der Waals surface area contributed by atoms with E-state index in [1.807, 2.05) is 32.9 Å². The normalized spacial score (nSPS) is 21.9. The van der Waals surface area contributed by atoms with E-state index in [4.69, 9.17) is 22.3 Å². The molecule has 34 heavy (non-hydrogen) atoms. The van der Waals surface area contributed by atoms with Gasteiger partial charge in [-0.05, 0) is 57.2 Å². The Bertz CT molecular complexity index is 1260. The third kappa shape index (κ3) is 4.09. The Kier molecular flexibility index (Phi) is 5.68. The minimum Gasteiger partial charge on any atom is -0.465 e. The van der Waals surface area contributed by atoms with Crippen LogP contribution in [0.25, 0.3) is 11.2 Å². The number of halogens is 1. The van der Waals surface area contributed by atoms with Crippen molar-refractivity contribution in [2.45, 2.75) is 48.7 Å². The van der Waals surface area contributed by atoms with Gasteiger partial charge < -0.3 is 15.7 Å². The van der Waals surface area contributed by atoms with E-state index in [2.05, 4.69) is 19.9 Å². The van der Waals surface area contributed by atoms with E-state index in [1.165, 1.54) is 11.8 Å². The van der Waals surface area contributed by atoms with E-state index >= 15 is 0 Å². The average molecular weight is 500 g/mol. The monoisotopic (exact) mass is 499 g/mol. The van der Waals surface area contributed by atoms with Crippen molar-refractivity contribution in [3.63, 3.8) is 0 Å². The highest BCUT2D eigenvalue weighted by molar-refractivity contribution is 7.99. The summed E-state index contributed by atoms with van der Waals surface area (Å²) in [6, 6.07) is 5.64. The highest BCUT2D eigenvalue weighted by Gasteiger charge is 2.53. The number of anilines is 2. The van der Waals surface area contributed by atoms with E-state index < -0.39 is 11.6 Å². The molecule has 5 heterocycles. The molecule has 2 bridgehead atoms. The largest absolute Gasteiger partial charge is 0.465 e. The SMILES string of the molecule is CC(C)(C)N(C(=O)O)[C@H]1[C@@H]2C[C@H]1CN(c1cnc3nc(Sc4ccnc(N)c4Cl)ccc3n1)C2. The van der Waals surface area contributed by atoms with Crippen LogP contribution in [0.5, 0.6) is 0 Å². The number of carbonyl (C=O) groups is 1. The van der Waals surface area contributed by atoms with Gasteiger partial charge in [-0.2, -0.15) is 0 Å². The van der Waals surface area contributed by atoms with E-state index in [-0.39, 0.29) is 11.9 Å². The average Bonchev–Trinajstić information content (AvgIpc) is 2.79. The van der Waals surface area contributed by atoms with Crippen molar-refractivity contribution in [3.8, 4) is 0 Å². The maximum absolute atomic E-state index is 12.0. The summed E-state index contributed by atoms with van der Waals surface area (Å²) in [5, 5.41) is 11.0. The molecule has 3 N–H and O–H groups in total. The lowest BCUT2D eigenvalue weighted by Crippen LogP contribution is -2.68. The number of rotatable bonds is 4. The Morgan fingerprint density at radius 3 is 2.62 bits per heavy atom. The van der Waals surface area contributed by atoms with Crippen molar-refractivity contribution in [2.75, 3.05) is 23.7 Å². The zero-order chi connectivity index (χ0) is 24.2. The smallest absolute Gasteiger partial charge is 0.408 e. The van der Waals surface area contributed by atoms with E-state index in [9.17, 15) is 9.90 Å². The molecule has 1 saturated carbocycles. The molecule has 3 aromatic rings. The predicted octanol–water partition coefficient (Wildman–Crippen LogP) is 4.41. The molecule has 9 nitrogen and oxygen atoms in total. The highest BCUT2D eigenvalue weighted by Crippen LogP contribution is 2.46. The molecule has 3 atom stereocenters. The van der Waals surface area contributed by atoms with Gasteiger partial charge in [0.25, 0.3) is 0 Å². The van der Waals surface area contributed by atoms with Crippen LogP contribution in [0.2, 0.25) is 5.02 Å². The van der Waals surface area contributed by atoms with E-state index in [0.717, 1.165) is 35.2 Å². The lowest BCUT2D eigenvalue weighted by molar-refractivity contribution is -0.0449. The Morgan fingerprint density at radius 2 is 1.94 bits per heavy atom. The number of nitrogen functional groups attached to an aromatic ring is 1. The number of hydrogen-bond donors (Lipinski definition) is 2. The molecule has 2 aliphatic heterocycles. The minimum atomic E-state index is -0.846. The van der Waals surface area contributed by atoms with Gasteiger partial charge in [-0.1, -0.05) is 23.4 Å². The Morgan fingerprint density at radius 1 is 1.21 bits per heavy atom. The number of amides is 1. The summed E-state index contributed by atoms with van der Waals surface area (Å²) >= 11 is 7.64. The number of aromatic nitrogens is 4. The molecule has 6 rings (SSSR count). The fourth-order valence-electron chi connectivity index (χ4n) is 5.05. The molecule has 0 spiro atoms. The summed E-state index contributed by atoms with van der Waals surface area (Å²) in [4.78, 5) is 34.5. The van der Waals surface area contributed by atoms with Gasteiger partial charge >= 0.3 is 6.09 Å². The first-order valence-corrected chi connectivity index (χ1v) is 12.3. The second-order valence-electron chi connectivity index (χ2n) is 9.81. The third-order valence-corrected chi connectivity index (χ3v) is 8.00. The summed E-state index contributed by atoms with van der Waals surface area (Å²) < 4.78 is 0. The van der Waals surface area contributed by atoms with Gasteiger partial charge in [-0.3, -0.25) is 4.90 Å². The van der Waals surface area contributed by atoms with Crippen LogP contribution in [-0.2, 0) is 0 Å². The zero-order valence-corrected chi connectivity index (χ0v) is 20.7. The number of hydrogen-bond acceptors (Lipinski definition) is 8. The van der Waals surface area contributed by atoms with Crippen LogP contribution in [0.3, 0.4) is 0 Å². The summed E-state index contributed by atoms with van der Waals surface area (Å²) in [5.41, 5.74) is 6.63. The van der Waals surface area contributed by atoms with Gasteiger partial charge in [0.15, 0.2) is 5.65 Å². The van der Waals surface area contributed by atoms with Crippen molar-refractivity contribution < 1.29 is 9.90 Å². The quantitative estimate of drug-likeness (QED) is 0.537. The van der Waals surface area contributed by atoms with Gasteiger partial charge in [0.1, 0.15) is 22.2 Å². The molecular weight excluding hydrogens is 474 g/mol. The lowest BCUT2D eigenvalue weighted by Gasteiger charge is -2.59. The summed E-state index contributed by atoms with van der Waals surface area (Å²) in [6.07, 6.45) is 3.56. The molecule has 3 fully saturated rings. The topological polar surface area (TPSA) is 121 Å². The van der Waals surface area contributed by atoms with Crippen LogP contribution < -0.4 is 10.6 Å². The maximum atomic E-state index is 12.0. The first-order valence-electron chi connectivity index (χ1n) is 11.1. The van der Waals surface area contributed by atoms with E-state index in [0.29, 0.717) is 28.0 Å². The summed E-state index contributed by atoms with van der Waals surface area (Å²) in [5.74, 6) is 1.67. The number of nitrogens with zero attached hydrogens (tertiary/aromatic N) is 6. The Hall–Kier alpha value is -2.85. The van der Waals surface area contributed by atoms with Gasteiger partial charge in [-0.25, -0.2) is 24.7 Å². The fraction of sp³-hybridized carbons (Fsp3) is 0.435. The Labute approximate surface area is 206 Å². The first-order chi connectivity index (χ1) is 16.1. The van der Waals surface area contributed by atoms with Crippen LogP contribution in [0.1, 0.15) is 27.2 Å². The van der Waals surface area contributed by atoms with Crippen LogP contribution in [0.15, 0.2) is 40.5 Å². The maximum Gasteiger partial charge on any atom is 0.408 e. The van der Waals surface area contributed by atoms with Crippen LogP contribution in [0, 0.1) is 11.8 Å². The molecule has 0 aromatic carbocycles. The molecule has 1 aliphatic carbocycles. The number of nitrogens with two attached hydrogens (primary N) is 1. The van der Waals surface area contributed by atoms with Gasteiger partial charge in [0.05, 0.1) is 11.2 Å². The molecule has 0 unspecified atom stereocenters. The molecule has 2 saturated heterocycles.